The van der Waals surface area contributed by atoms with Crippen LogP contribution in [0.2, 0.25) is 0 Å². The molecule has 1 saturated heterocycles. The van der Waals surface area contributed by atoms with Crippen molar-refractivity contribution in [3.05, 3.63) is 58.6 Å². The first kappa shape index (κ1) is 23.8. The molecule has 186 valence electrons. The highest BCUT2D eigenvalue weighted by Gasteiger charge is 2.53. The summed E-state index contributed by atoms with van der Waals surface area (Å²) in [7, 11) is 1.28. The lowest BCUT2D eigenvalue weighted by molar-refractivity contribution is -0.518. The molecule has 5 heterocycles. The Morgan fingerprint density at radius 2 is 2.22 bits per heavy atom. The number of imidazole rings is 1. The number of nitrogens with two attached hydrogens (primary N) is 1. The summed E-state index contributed by atoms with van der Waals surface area (Å²) in [5.41, 5.74) is 8.03. The van der Waals surface area contributed by atoms with Crippen LogP contribution in [0.5, 0.6) is 0 Å². The van der Waals surface area contributed by atoms with Crippen molar-refractivity contribution in [3.8, 4) is 0 Å². The third kappa shape index (κ3) is 3.97. The number of fused-ring (bicyclic) bond motifs is 2. The summed E-state index contributed by atoms with van der Waals surface area (Å²) in [6, 6.07) is 4.89. The first-order valence-electron chi connectivity index (χ1n) is 10.8. The number of nitrogens with zero attached hydrogens (tertiary/aromatic N) is 5. The lowest BCUT2D eigenvalue weighted by atomic mass is 10.0. The third-order valence-corrected chi connectivity index (χ3v) is 7.96. The highest BCUT2D eigenvalue weighted by Crippen LogP contribution is 2.40. The number of oxime groups is 1. The number of amides is 2. The summed E-state index contributed by atoms with van der Waals surface area (Å²) in [5.74, 6) is -2.32. The highest BCUT2D eigenvalue weighted by molar-refractivity contribution is 8.00. The average Bonchev–Trinajstić information content (AvgIpc) is 3.47. The number of nitrogen functional groups attached to an aromatic ring is 1. The molecule has 0 aliphatic carbocycles. The number of carboxylic acids is 1. The van der Waals surface area contributed by atoms with Gasteiger partial charge in [-0.25, -0.2) is 14.0 Å². The Labute approximate surface area is 213 Å². The molecule has 2 atom stereocenters. The third-order valence-electron chi connectivity index (χ3n) is 5.95. The topological polar surface area (TPSA) is 159 Å². The van der Waals surface area contributed by atoms with E-state index in [1.54, 1.807) is 5.38 Å². The van der Waals surface area contributed by atoms with Gasteiger partial charge in [0, 0.05) is 22.8 Å². The van der Waals surface area contributed by atoms with Gasteiger partial charge in [0.2, 0.25) is 0 Å². The minimum Gasteiger partial charge on any atom is -0.543 e. The van der Waals surface area contributed by atoms with Gasteiger partial charge in [0.1, 0.15) is 48.9 Å². The number of carboxylic acid groups (broad SMARTS) is 1. The summed E-state index contributed by atoms with van der Waals surface area (Å²) in [4.78, 5) is 48.0. The molecule has 3 aromatic rings. The van der Waals surface area contributed by atoms with Crippen LogP contribution < -0.4 is 20.6 Å². The number of pyridine rings is 1. The first-order chi connectivity index (χ1) is 17.3. The molecule has 2 aliphatic rings. The summed E-state index contributed by atoms with van der Waals surface area (Å²) >= 11 is 2.50. The zero-order valence-corrected chi connectivity index (χ0v) is 20.8. The number of thioether (sulfide) groups is 1. The zero-order chi connectivity index (χ0) is 25.6. The van der Waals surface area contributed by atoms with Crippen LogP contribution in [0, 0.1) is 6.92 Å². The van der Waals surface area contributed by atoms with Crippen molar-refractivity contribution in [2.24, 2.45) is 5.16 Å². The smallest absolute Gasteiger partial charge is 0.286 e. The number of aromatic nitrogens is 3. The van der Waals surface area contributed by atoms with Gasteiger partial charge >= 0.3 is 0 Å². The number of thiazole rings is 1. The Hall–Kier alpha value is -3.91. The maximum Gasteiger partial charge on any atom is 0.286 e. The Morgan fingerprint density at radius 1 is 1.42 bits per heavy atom. The molecule has 3 aromatic heterocycles. The molecule has 12 nitrogen and oxygen atoms in total. The van der Waals surface area contributed by atoms with E-state index in [-0.39, 0.29) is 28.8 Å². The second kappa shape index (κ2) is 9.28. The van der Waals surface area contributed by atoms with Crippen LogP contribution in [-0.4, -0.2) is 62.2 Å². The number of hydrogen-bond acceptors (Lipinski definition) is 10. The maximum atomic E-state index is 13.0. The molecule has 5 rings (SSSR count). The number of β-lactam (4-membered cyclic amide) rings is 1. The fourth-order valence-corrected chi connectivity index (χ4v) is 6.18. The Balaban J connectivity index is 1.38. The monoisotopic (exact) mass is 527 g/mol. The minimum atomic E-state index is -1.44. The number of rotatable bonds is 7. The molecule has 2 amide bonds. The molecule has 14 heteroatoms. The second-order valence-corrected chi connectivity index (χ2v) is 10.1. The molecule has 36 heavy (non-hydrogen) atoms. The van der Waals surface area contributed by atoms with Crippen LogP contribution in [0.4, 0.5) is 5.13 Å². The van der Waals surface area contributed by atoms with Crippen molar-refractivity contribution in [1.82, 2.24) is 19.8 Å². The lowest BCUT2D eigenvalue weighted by Gasteiger charge is -2.50. The summed E-state index contributed by atoms with van der Waals surface area (Å²) < 4.78 is 3.91. The van der Waals surface area contributed by atoms with E-state index in [1.165, 1.54) is 23.8 Å². The van der Waals surface area contributed by atoms with E-state index in [0.29, 0.717) is 11.3 Å². The molecule has 0 saturated carbocycles. The van der Waals surface area contributed by atoms with Crippen molar-refractivity contribution in [2.75, 3.05) is 18.6 Å². The first-order valence-corrected chi connectivity index (χ1v) is 12.7. The molecule has 0 spiro atoms. The summed E-state index contributed by atoms with van der Waals surface area (Å²) in [5, 5.41) is 19.7. The lowest BCUT2D eigenvalue weighted by Crippen LogP contribution is -2.71. The summed E-state index contributed by atoms with van der Waals surface area (Å²) in [6.07, 6.45) is 3.76. The van der Waals surface area contributed by atoms with Crippen LogP contribution in [0.15, 0.2) is 52.4 Å². The normalized spacial score (nSPS) is 19.8. The molecule has 0 unspecified atom stereocenters. The van der Waals surface area contributed by atoms with Crippen LogP contribution in [0.1, 0.15) is 11.4 Å². The predicted molar refractivity (Wildman–Crippen MR) is 129 cm³/mol. The van der Waals surface area contributed by atoms with Gasteiger partial charge in [-0.05, 0) is 13.0 Å². The zero-order valence-electron chi connectivity index (χ0n) is 19.2. The minimum absolute atomic E-state index is 0.138. The van der Waals surface area contributed by atoms with Crippen molar-refractivity contribution >= 4 is 57.4 Å². The fraction of sp³-hybridized carbons (Fsp3) is 0.273. The SMILES string of the molecule is CO/N=C(\C(=O)N[C@@H]1C(=O)N2C(C(=O)[O-])=C(Cn3cc[n+]4c(C)cccc34)CS[C@@H]12)c1csc(N)n1. The van der Waals surface area contributed by atoms with Gasteiger partial charge in [-0.1, -0.05) is 11.2 Å². The molecular weight excluding hydrogens is 506 g/mol. The molecule has 0 radical (unpaired) electrons. The van der Waals surface area contributed by atoms with E-state index in [4.69, 9.17) is 10.6 Å². The van der Waals surface area contributed by atoms with Gasteiger partial charge < -0.3 is 25.8 Å². The van der Waals surface area contributed by atoms with E-state index >= 15 is 0 Å². The number of aryl methyl sites for hydroxylation is 1. The van der Waals surface area contributed by atoms with Crippen LogP contribution >= 0.6 is 23.1 Å². The van der Waals surface area contributed by atoms with Gasteiger partial charge in [0.15, 0.2) is 10.8 Å². The van der Waals surface area contributed by atoms with E-state index in [2.05, 4.69) is 15.5 Å². The Morgan fingerprint density at radius 3 is 2.92 bits per heavy atom. The standard InChI is InChI=1S/C22H21N7O5S2/c1-11-4-3-5-14-27(6-7-28(11)14)8-12-9-35-20-16(19(31)29(20)17(12)21(32)33)25-18(30)15(26-34-2)13-10-36-22(23)24-13/h3-7,10,16,20H,8-9H2,1-2H3,(H3-,23,24,25,30,32,33)/b26-15-/t16-,20+/m1/s1. The quantitative estimate of drug-likeness (QED) is 0.172. The maximum absolute atomic E-state index is 13.0. The molecular formula is C22H21N7O5S2. The number of anilines is 1. The number of hydrogen-bond donors (Lipinski definition) is 2. The Bertz CT molecular complexity index is 1460. The number of carbonyl (C=O) groups excluding carboxylic acids is 3. The molecule has 2 aliphatic heterocycles. The highest BCUT2D eigenvalue weighted by atomic mass is 32.2. The molecule has 0 aromatic carbocycles. The number of nitrogens with one attached hydrogen (secondary N) is 1. The van der Waals surface area contributed by atoms with E-state index in [9.17, 15) is 19.5 Å². The van der Waals surface area contributed by atoms with Gasteiger partial charge in [-0.3, -0.25) is 14.5 Å². The number of carbonyl (C=O) groups is 3. The van der Waals surface area contributed by atoms with Crippen LogP contribution in [-0.2, 0) is 25.8 Å². The molecule has 1 fully saturated rings. The fourth-order valence-electron chi connectivity index (χ4n) is 4.30. The van der Waals surface area contributed by atoms with Gasteiger partial charge in [0.25, 0.3) is 17.5 Å². The van der Waals surface area contributed by atoms with Crippen molar-refractivity contribution in [1.29, 1.82) is 0 Å². The van der Waals surface area contributed by atoms with Crippen LogP contribution in [0.25, 0.3) is 5.65 Å². The Kier molecular flexibility index (Phi) is 6.14. The van der Waals surface area contributed by atoms with Gasteiger partial charge in [-0.2, -0.15) is 0 Å². The van der Waals surface area contributed by atoms with Crippen molar-refractivity contribution < 1.29 is 28.7 Å². The van der Waals surface area contributed by atoms with Gasteiger partial charge in [0.05, 0.1) is 11.7 Å². The van der Waals surface area contributed by atoms with E-state index in [0.717, 1.165) is 22.7 Å². The average molecular weight is 528 g/mol. The van der Waals surface area contributed by atoms with Gasteiger partial charge in [-0.15, -0.1) is 23.1 Å². The van der Waals surface area contributed by atoms with Crippen LogP contribution in [0.3, 0.4) is 0 Å². The summed E-state index contributed by atoms with van der Waals surface area (Å²) in [6.45, 7) is 2.25. The van der Waals surface area contributed by atoms with Crippen molar-refractivity contribution in [2.45, 2.75) is 24.9 Å². The van der Waals surface area contributed by atoms with E-state index < -0.39 is 29.2 Å². The largest absolute Gasteiger partial charge is 0.543 e. The number of aliphatic carboxylic acids is 1. The molecule has 0 bridgehead atoms. The second-order valence-electron chi connectivity index (χ2n) is 8.12. The molecule has 3 N–H and O–H groups in total. The van der Waals surface area contributed by atoms with E-state index in [1.807, 2.05) is 46.5 Å². The predicted octanol–water partition coefficient (Wildman–Crippen LogP) is -0.971. The van der Waals surface area contributed by atoms with Crippen molar-refractivity contribution in [3.63, 3.8) is 0 Å².